The lowest BCUT2D eigenvalue weighted by Gasteiger charge is -2.11. The summed E-state index contributed by atoms with van der Waals surface area (Å²) in [4.78, 5) is 23.2. The Morgan fingerprint density at radius 3 is 2.86 bits per heavy atom. The number of carbonyl (C=O) groups is 1. The summed E-state index contributed by atoms with van der Waals surface area (Å²) >= 11 is 0. The zero-order valence-corrected chi connectivity index (χ0v) is 15.3. The summed E-state index contributed by atoms with van der Waals surface area (Å²) in [6.07, 6.45) is 4.89. The second kappa shape index (κ2) is 7.00. The van der Waals surface area contributed by atoms with Crippen LogP contribution in [0.1, 0.15) is 16.1 Å². The maximum Gasteiger partial charge on any atom is 0.260 e. The molecule has 4 heterocycles. The Kier molecular flexibility index (Phi) is 4.37. The van der Waals surface area contributed by atoms with E-state index in [9.17, 15) is 4.79 Å². The fraction of sp³-hybridized carbons (Fsp3) is 0.211. The van der Waals surface area contributed by atoms with E-state index in [0.29, 0.717) is 40.8 Å². The van der Waals surface area contributed by atoms with Gasteiger partial charge in [0, 0.05) is 18.0 Å². The van der Waals surface area contributed by atoms with Gasteiger partial charge in [0.05, 0.1) is 55.7 Å². The first kappa shape index (κ1) is 17.5. The minimum Gasteiger partial charge on any atom is -0.491 e. The molecule has 1 aliphatic rings. The van der Waals surface area contributed by atoms with Crippen LogP contribution >= 0.6 is 0 Å². The Hall–Kier alpha value is -3.93. The predicted octanol–water partition coefficient (Wildman–Crippen LogP) is 2.04. The Labute approximate surface area is 160 Å². The SMILES string of the molecule is COc1cc(-c2ccc3c(n2)CN(c2cnn(CC#N)c2)C3=O)cnc1OC. The summed E-state index contributed by atoms with van der Waals surface area (Å²) in [7, 11) is 3.07. The van der Waals surface area contributed by atoms with Gasteiger partial charge in [-0.2, -0.15) is 10.4 Å². The number of aromatic nitrogens is 4. The van der Waals surface area contributed by atoms with E-state index in [0.717, 1.165) is 5.56 Å². The van der Waals surface area contributed by atoms with Crippen LogP contribution in [0, 0.1) is 11.3 Å². The maximum absolute atomic E-state index is 12.7. The van der Waals surface area contributed by atoms with Crippen molar-refractivity contribution in [1.29, 1.82) is 5.26 Å². The van der Waals surface area contributed by atoms with Crippen LogP contribution in [0.25, 0.3) is 11.3 Å². The number of ether oxygens (including phenoxy) is 2. The van der Waals surface area contributed by atoms with E-state index in [4.69, 9.17) is 14.7 Å². The molecule has 0 radical (unpaired) electrons. The van der Waals surface area contributed by atoms with Crippen molar-refractivity contribution in [2.45, 2.75) is 13.1 Å². The van der Waals surface area contributed by atoms with Crippen LogP contribution in [0.4, 0.5) is 5.69 Å². The number of hydrogen-bond donors (Lipinski definition) is 0. The highest BCUT2D eigenvalue weighted by Gasteiger charge is 2.31. The van der Waals surface area contributed by atoms with Gasteiger partial charge in [-0.3, -0.25) is 19.4 Å². The molecule has 0 aliphatic carbocycles. The number of carbonyl (C=O) groups excluding carboxylic acids is 1. The van der Waals surface area contributed by atoms with Crippen LogP contribution in [-0.2, 0) is 13.1 Å². The topological polar surface area (TPSA) is 106 Å². The molecule has 28 heavy (non-hydrogen) atoms. The van der Waals surface area contributed by atoms with Gasteiger partial charge >= 0.3 is 0 Å². The highest BCUT2D eigenvalue weighted by Crippen LogP contribution is 2.32. The average Bonchev–Trinajstić information content (AvgIpc) is 3.31. The molecule has 0 spiro atoms. The van der Waals surface area contributed by atoms with Crippen molar-refractivity contribution in [2.24, 2.45) is 0 Å². The summed E-state index contributed by atoms with van der Waals surface area (Å²) in [6, 6.07) is 7.35. The first-order chi connectivity index (χ1) is 13.6. The van der Waals surface area contributed by atoms with Gasteiger partial charge in [-0.05, 0) is 18.2 Å². The maximum atomic E-state index is 12.7. The van der Waals surface area contributed by atoms with E-state index in [1.54, 1.807) is 48.8 Å². The molecular formula is C19H16N6O3. The molecule has 0 saturated heterocycles. The lowest BCUT2D eigenvalue weighted by atomic mass is 10.1. The number of nitrogens with zero attached hydrogens (tertiary/aromatic N) is 6. The fourth-order valence-corrected chi connectivity index (χ4v) is 3.08. The van der Waals surface area contributed by atoms with Crippen molar-refractivity contribution in [3.05, 3.63) is 48.0 Å². The number of anilines is 1. The van der Waals surface area contributed by atoms with Crippen molar-refractivity contribution in [3.8, 4) is 29.0 Å². The number of rotatable bonds is 5. The highest BCUT2D eigenvalue weighted by molar-refractivity contribution is 6.09. The summed E-state index contributed by atoms with van der Waals surface area (Å²) < 4.78 is 11.9. The highest BCUT2D eigenvalue weighted by atomic mass is 16.5. The third-order valence-electron chi connectivity index (χ3n) is 4.45. The van der Waals surface area contributed by atoms with Gasteiger partial charge in [0.15, 0.2) is 5.75 Å². The Balaban J connectivity index is 1.64. The summed E-state index contributed by atoms with van der Waals surface area (Å²) in [5.74, 6) is 0.754. The number of nitriles is 1. The van der Waals surface area contributed by atoms with Crippen molar-refractivity contribution in [3.63, 3.8) is 0 Å². The molecule has 9 heteroatoms. The molecule has 0 atom stereocenters. The summed E-state index contributed by atoms with van der Waals surface area (Å²) in [6.45, 7) is 0.463. The van der Waals surface area contributed by atoms with Gasteiger partial charge in [-0.1, -0.05) is 0 Å². The van der Waals surface area contributed by atoms with E-state index >= 15 is 0 Å². The number of amides is 1. The molecule has 0 bridgehead atoms. The van der Waals surface area contributed by atoms with Gasteiger partial charge in [0.25, 0.3) is 11.8 Å². The Morgan fingerprint density at radius 1 is 1.25 bits per heavy atom. The van der Waals surface area contributed by atoms with Gasteiger partial charge in [0.2, 0.25) is 0 Å². The van der Waals surface area contributed by atoms with Crippen LogP contribution in [-0.4, -0.2) is 39.9 Å². The molecule has 3 aromatic rings. The molecule has 1 amide bonds. The normalized spacial score (nSPS) is 12.6. The molecule has 4 rings (SSSR count). The van der Waals surface area contributed by atoms with Crippen molar-refractivity contribution in [1.82, 2.24) is 19.7 Å². The minimum atomic E-state index is -0.143. The van der Waals surface area contributed by atoms with Crippen LogP contribution in [0.2, 0.25) is 0 Å². The molecule has 0 saturated carbocycles. The first-order valence-corrected chi connectivity index (χ1v) is 8.44. The molecule has 1 aliphatic heterocycles. The lowest BCUT2D eigenvalue weighted by Crippen LogP contribution is -2.22. The first-order valence-electron chi connectivity index (χ1n) is 8.44. The molecule has 140 valence electrons. The molecule has 0 N–H and O–H groups in total. The van der Waals surface area contributed by atoms with E-state index < -0.39 is 0 Å². The second-order valence-corrected chi connectivity index (χ2v) is 6.07. The van der Waals surface area contributed by atoms with Crippen molar-refractivity contribution < 1.29 is 14.3 Å². The zero-order valence-electron chi connectivity index (χ0n) is 15.3. The molecule has 9 nitrogen and oxygen atoms in total. The van der Waals surface area contributed by atoms with Gasteiger partial charge in [-0.15, -0.1) is 0 Å². The number of hydrogen-bond acceptors (Lipinski definition) is 7. The standard InChI is InChI=1S/C19H16N6O3/c1-27-17-7-12(8-21-18(17)28-2)15-4-3-14-16(23-15)11-25(19(14)26)13-9-22-24(10-13)6-5-20/h3-4,7-10H,6,11H2,1-2H3. The number of methoxy groups -OCH3 is 2. The molecule has 0 unspecified atom stereocenters. The van der Waals surface area contributed by atoms with Gasteiger partial charge < -0.3 is 9.47 Å². The summed E-state index contributed by atoms with van der Waals surface area (Å²) in [5, 5.41) is 12.9. The zero-order chi connectivity index (χ0) is 19.7. The number of pyridine rings is 2. The van der Waals surface area contributed by atoms with Crippen LogP contribution in [0.15, 0.2) is 36.8 Å². The predicted molar refractivity (Wildman–Crippen MR) is 98.9 cm³/mol. The van der Waals surface area contributed by atoms with Crippen LogP contribution < -0.4 is 14.4 Å². The van der Waals surface area contributed by atoms with Gasteiger partial charge in [0.1, 0.15) is 6.54 Å². The van der Waals surface area contributed by atoms with E-state index in [1.165, 1.54) is 11.8 Å². The van der Waals surface area contributed by atoms with Crippen molar-refractivity contribution in [2.75, 3.05) is 19.1 Å². The Bertz CT molecular complexity index is 1100. The average molecular weight is 376 g/mol. The number of fused-ring (bicyclic) bond motifs is 1. The summed E-state index contributed by atoms with van der Waals surface area (Å²) in [5.41, 5.74) is 3.29. The van der Waals surface area contributed by atoms with E-state index in [-0.39, 0.29) is 12.5 Å². The second-order valence-electron chi connectivity index (χ2n) is 6.07. The third kappa shape index (κ3) is 2.91. The third-order valence-corrected chi connectivity index (χ3v) is 4.45. The molecule has 3 aromatic heterocycles. The van der Waals surface area contributed by atoms with E-state index in [2.05, 4.69) is 15.1 Å². The minimum absolute atomic E-state index is 0.129. The van der Waals surface area contributed by atoms with Gasteiger partial charge in [-0.25, -0.2) is 4.98 Å². The molecular weight excluding hydrogens is 360 g/mol. The largest absolute Gasteiger partial charge is 0.491 e. The van der Waals surface area contributed by atoms with Crippen molar-refractivity contribution >= 4 is 11.6 Å². The lowest BCUT2D eigenvalue weighted by molar-refractivity contribution is 0.0996. The van der Waals surface area contributed by atoms with E-state index in [1.807, 2.05) is 6.07 Å². The quantitative estimate of drug-likeness (QED) is 0.671. The van der Waals surface area contributed by atoms with Crippen LogP contribution in [0.5, 0.6) is 11.6 Å². The fourth-order valence-electron chi connectivity index (χ4n) is 3.08. The van der Waals surface area contributed by atoms with Crippen LogP contribution in [0.3, 0.4) is 0 Å². The molecule has 0 fully saturated rings. The Morgan fingerprint density at radius 2 is 2.11 bits per heavy atom. The smallest absolute Gasteiger partial charge is 0.260 e. The monoisotopic (exact) mass is 376 g/mol. The molecule has 0 aromatic carbocycles.